The van der Waals surface area contributed by atoms with Crippen LogP contribution in [0.3, 0.4) is 0 Å². The molecule has 0 bridgehead atoms. The molecule has 0 saturated heterocycles. The van der Waals surface area contributed by atoms with Gasteiger partial charge >= 0.3 is 5.97 Å². The maximum Gasteiger partial charge on any atom is 0.358 e. The van der Waals surface area contributed by atoms with Gasteiger partial charge in [-0.25, -0.2) is 9.78 Å². The van der Waals surface area contributed by atoms with Crippen LogP contribution in [0.1, 0.15) is 16.1 Å². The van der Waals surface area contributed by atoms with Gasteiger partial charge in [-0.3, -0.25) is 10.1 Å². The number of carboxylic acids is 1. The number of aromatic nitrogens is 1. The largest absolute Gasteiger partial charge is 0.476 e. The molecule has 1 N–H and O–H groups in total. The molecule has 7 heteroatoms. The van der Waals surface area contributed by atoms with E-state index >= 15 is 0 Å². The zero-order valence-electron chi connectivity index (χ0n) is 10.4. The molecule has 0 aliphatic heterocycles. The van der Waals surface area contributed by atoms with E-state index in [0.717, 1.165) is 0 Å². The van der Waals surface area contributed by atoms with Gasteiger partial charge in [-0.05, 0) is 31.2 Å². The molecule has 0 radical (unpaired) electrons. The van der Waals surface area contributed by atoms with Gasteiger partial charge in [0.1, 0.15) is 5.75 Å². The lowest BCUT2D eigenvalue weighted by Crippen LogP contribution is -2.02. The van der Waals surface area contributed by atoms with Crippen LogP contribution >= 0.6 is 0 Å². The maximum absolute atomic E-state index is 11.0. The number of aryl methyl sites for hydroxylation is 1. The summed E-state index contributed by atoms with van der Waals surface area (Å²) < 4.78 is 5.42. The molecule has 7 nitrogen and oxygen atoms in total. The van der Waals surface area contributed by atoms with Gasteiger partial charge in [-0.1, -0.05) is 0 Å². The van der Waals surface area contributed by atoms with E-state index in [1.807, 2.05) is 0 Å². The standard InChI is InChI=1S/C13H10N2O5/c1-8-7-9(4-5-10(8)15(18)19)20-11-3-2-6-14-12(11)13(16)17/h2-7H,1H3,(H,16,17). The van der Waals surface area contributed by atoms with Crippen molar-refractivity contribution in [1.29, 1.82) is 0 Å². The van der Waals surface area contributed by atoms with E-state index in [0.29, 0.717) is 11.3 Å². The predicted octanol–water partition coefficient (Wildman–Crippen LogP) is 2.79. The lowest BCUT2D eigenvalue weighted by Gasteiger charge is -2.08. The monoisotopic (exact) mass is 274 g/mol. The third kappa shape index (κ3) is 2.72. The Hall–Kier alpha value is -2.96. The summed E-state index contributed by atoms with van der Waals surface area (Å²) in [4.78, 5) is 24.9. The molecule has 1 aromatic carbocycles. The third-order valence-electron chi connectivity index (χ3n) is 2.57. The summed E-state index contributed by atoms with van der Waals surface area (Å²) in [6.07, 6.45) is 1.34. The Kier molecular flexibility index (Phi) is 3.60. The fourth-order valence-corrected chi connectivity index (χ4v) is 1.66. The molecule has 0 aliphatic carbocycles. The van der Waals surface area contributed by atoms with E-state index in [-0.39, 0.29) is 17.1 Å². The molecule has 20 heavy (non-hydrogen) atoms. The van der Waals surface area contributed by atoms with Gasteiger partial charge in [-0.2, -0.15) is 0 Å². The van der Waals surface area contributed by atoms with E-state index in [1.165, 1.54) is 30.5 Å². The van der Waals surface area contributed by atoms with Crippen molar-refractivity contribution in [2.75, 3.05) is 0 Å². The molecular weight excluding hydrogens is 264 g/mol. The van der Waals surface area contributed by atoms with Gasteiger partial charge in [0.05, 0.1) is 4.92 Å². The molecule has 2 aromatic rings. The van der Waals surface area contributed by atoms with Crippen molar-refractivity contribution in [2.24, 2.45) is 0 Å². The van der Waals surface area contributed by atoms with Crippen molar-refractivity contribution in [3.05, 3.63) is 57.9 Å². The van der Waals surface area contributed by atoms with Crippen LogP contribution in [0.4, 0.5) is 5.69 Å². The molecule has 0 saturated carbocycles. The number of hydrogen-bond donors (Lipinski definition) is 1. The van der Waals surface area contributed by atoms with E-state index in [1.54, 1.807) is 13.0 Å². The van der Waals surface area contributed by atoms with Gasteiger partial charge in [0.15, 0.2) is 11.4 Å². The number of rotatable bonds is 4. The quantitative estimate of drug-likeness (QED) is 0.679. The first kappa shape index (κ1) is 13.5. The van der Waals surface area contributed by atoms with E-state index in [9.17, 15) is 14.9 Å². The summed E-state index contributed by atoms with van der Waals surface area (Å²) in [5.41, 5.74) is 0.179. The molecule has 0 spiro atoms. The molecule has 1 aromatic heterocycles. The summed E-state index contributed by atoms with van der Waals surface area (Å²) in [7, 11) is 0. The van der Waals surface area contributed by atoms with Crippen LogP contribution in [0.5, 0.6) is 11.5 Å². The summed E-state index contributed by atoms with van der Waals surface area (Å²) in [6.45, 7) is 1.58. The first-order chi connectivity index (χ1) is 9.49. The Morgan fingerprint density at radius 3 is 2.75 bits per heavy atom. The minimum atomic E-state index is -1.21. The Morgan fingerprint density at radius 1 is 1.40 bits per heavy atom. The fourth-order valence-electron chi connectivity index (χ4n) is 1.66. The third-order valence-corrected chi connectivity index (χ3v) is 2.57. The van der Waals surface area contributed by atoms with Crippen LogP contribution in [0.25, 0.3) is 0 Å². The number of ether oxygens (including phenoxy) is 1. The zero-order valence-corrected chi connectivity index (χ0v) is 10.4. The Morgan fingerprint density at radius 2 is 2.15 bits per heavy atom. The Balaban J connectivity index is 2.34. The minimum absolute atomic E-state index is 0.0259. The first-order valence-corrected chi connectivity index (χ1v) is 5.60. The summed E-state index contributed by atoms with van der Waals surface area (Å²) in [5, 5.41) is 19.7. The lowest BCUT2D eigenvalue weighted by molar-refractivity contribution is -0.385. The summed E-state index contributed by atoms with van der Waals surface area (Å²) in [6, 6.07) is 7.19. The second-order valence-corrected chi connectivity index (χ2v) is 3.96. The molecule has 0 unspecified atom stereocenters. The highest BCUT2D eigenvalue weighted by Crippen LogP contribution is 2.28. The van der Waals surface area contributed by atoms with Crippen molar-refractivity contribution in [2.45, 2.75) is 6.92 Å². The summed E-state index contributed by atoms with van der Waals surface area (Å²) in [5.74, 6) is -0.823. The van der Waals surface area contributed by atoms with Crippen LogP contribution < -0.4 is 4.74 Å². The highest BCUT2D eigenvalue weighted by Gasteiger charge is 2.15. The molecule has 0 amide bonds. The van der Waals surface area contributed by atoms with Crippen LogP contribution in [-0.4, -0.2) is 21.0 Å². The first-order valence-electron chi connectivity index (χ1n) is 5.60. The molecular formula is C13H10N2O5. The predicted molar refractivity (Wildman–Crippen MR) is 69.1 cm³/mol. The average molecular weight is 274 g/mol. The van der Waals surface area contributed by atoms with Crippen molar-refractivity contribution in [1.82, 2.24) is 4.98 Å². The van der Waals surface area contributed by atoms with E-state index < -0.39 is 10.9 Å². The SMILES string of the molecule is Cc1cc(Oc2cccnc2C(=O)O)ccc1[N+](=O)[O-]. The second kappa shape index (κ2) is 5.35. The van der Waals surface area contributed by atoms with Gasteiger partial charge in [-0.15, -0.1) is 0 Å². The molecule has 0 aliphatic rings. The average Bonchev–Trinajstić information content (AvgIpc) is 2.38. The number of hydrogen-bond acceptors (Lipinski definition) is 5. The van der Waals surface area contributed by atoms with Crippen molar-refractivity contribution < 1.29 is 19.6 Å². The minimum Gasteiger partial charge on any atom is -0.476 e. The summed E-state index contributed by atoms with van der Waals surface area (Å²) >= 11 is 0. The van der Waals surface area contributed by atoms with Gasteiger partial charge in [0.2, 0.25) is 0 Å². The molecule has 2 rings (SSSR count). The highest BCUT2D eigenvalue weighted by molar-refractivity contribution is 5.88. The highest BCUT2D eigenvalue weighted by atomic mass is 16.6. The van der Waals surface area contributed by atoms with E-state index in [4.69, 9.17) is 9.84 Å². The maximum atomic E-state index is 11.0. The fraction of sp³-hybridized carbons (Fsp3) is 0.0769. The van der Waals surface area contributed by atoms with E-state index in [2.05, 4.69) is 4.98 Å². The zero-order chi connectivity index (χ0) is 14.7. The number of nitrogens with zero attached hydrogens (tertiary/aromatic N) is 2. The number of pyridine rings is 1. The van der Waals surface area contributed by atoms with Gasteiger partial charge < -0.3 is 9.84 Å². The normalized spacial score (nSPS) is 10.1. The molecule has 0 fully saturated rings. The second-order valence-electron chi connectivity index (χ2n) is 3.96. The van der Waals surface area contributed by atoms with Crippen molar-refractivity contribution in [3.63, 3.8) is 0 Å². The molecule has 102 valence electrons. The van der Waals surface area contributed by atoms with Crippen LogP contribution in [0, 0.1) is 17.0 Å². The number of benzene rings is 1. The Labute approximate surface area is 113 Å². The number of carboxylic acid groups (broad SMARTS) is 1. The topological polar surface area (TPSA) is 103 Å². The number of nitro benzene ring substituents is 1. The molecule has 0 atom stereocenters. The lowest BCUT2D eigenvalue weighted by atomic mass is 10.2. The smallest absolute Gasteiger partial charge is 0.358 e. The van der Waals surface area contributed by atoms with Crippen LogP contribution in [0.15, 0.2) is 36.5 Å². The number of carbonyl (C=O) groups is 1. The Bertz CT molecular complexity index is 684. The van der Waals surface area contributed by atoms with Gasteiger partial charge in [0, 0.05) is 17.8 Å². The van der Waals surface area contributed by atoms with Crippen molar-refractivity contribution >= 4 is 11.7 Å². The number of nitro groups is 1. The van der Waals surface area contributed by atoms with Crippen LogP contribution in [-0.2, 0) is 0 Å². The molecule has 1 heterocycles. The van der Waals surface area contributed by atoms with Gasteiger partial charge in [0.25, 0.3) is 5.69 Å². The number of aromatic carboxylic acids is 1. The van der Waals surface area contributed by atoms with Crippen LogP contribution in [0.2, 0.25) is 0 Å². The van der Waals surface area contributed by atoms with Crippen molar-refractivity contribution in [3.8, 4) is 11.5 Å².